The summed E-state index contributed by atoms with van der Waals surface area (Å²) in [6.07, 6.45) is 5.08. The summed E-state index contributed by atoms with van der Waals surface area (Å²) in [7, 11) is 1.73. The van der Waals surface area contributed by atoms with Gasteiger partial charge in [0.15, 0.2) is 5.13 Å². The Bertz CT molecular complexity index is 647. The molecule has 22 heavy (non-hydrogen) atoms. The third kappa shape index (κ3) is 5.41. The minimum absolute atomic E-state index is 0.315. The van der Waals surface area contributed by atoms with Crippen LogP contribution in [0.25, 0.3) is 12.2 Å². The Morgan fingerprint density at radius 1 is 1.45 bits per heavy atom. The number of hydrogen-bond acceptors (Lipinski definition) is 6. The molecule has 0 saturated heterocycles. The minimum Gasteiger partial charge on any atom is -0.313 e. The average Bonchev–Trinajstić information content (AvgIpc) is 2.91. The maximum atomic E-state index is 12.8. The zero-order valence-corrected chi connectivity index (χ0v) is 13.2. The fourth-order valence-electron chi connectivity index (χ4n) is 1.50. The van der Waals surface area contributed by atoms with Crippen molar-refractivity contribution in [1.82, 2.24) is 10.4 Å². The summed E-state index contributed by atoms with van der Waals surface area (Å²) in [4.78, 5) is 12.8. The molecule has 0 aliphatic heterocycles. The smallest absolute Gasteiger partial charge is 0.221 e. The second kappa shape index (κ2) is 9.11. The molecule has 6 nitrogen and oxygen atoms in total. The van der Waals surface area contributed by atoms with Crippen molar-refractivity contribution in [2.75, 3.05) is 12.1 Å². The molecule has 0 bridgehead atoms. The van der Waals surface area contributed by atoms with Crippen LogP contribution >= 0.6 is 22.9 Å². The quantitative estimate of drug-likeness (QED) is 0.341. The van der Waals surface area contributed by atoms with Crippen LogP contribution in [0.3, 0.4) is 0 Å². The number of carbonyl (C=O) groups is 1. The lowest BCUT2D eigenvalue weighted by Crippen LogP contribution is -2.25. The average molecular weight is 344 g/mol. The molecule has 0 aliphatic carbocycles. The Balaban J connectivity index is 0.000000541. The molecule has 9 heteroatoms. The van der Waals surface area contributed by atoms with Gasteiger partial charge in [0.2, 0.25) is 6.41 Å². The molecule has 118 valence electrons. The molecular formula is C13H15ClFN5OS. The number of rotatable bonds is 4. The molecule has 2 aromatic rings. The van der Waals surface area contributed by atoms with Crippen molar-refractivity contribution in [2.45, 2.75) is 0 Å². The van der Waals surface area contributed by atoms with Crippen molar-refractivity contribution < 1.29 is 9.18 Å². The zero-order chi connectivity index (χ0) is 16.5. The highest BCUT2D eigenvalue weighted by atomic mass is 35.5. The number of nitrogens with two attached hydrogens (primary N) is 2. The molecule has 5 N–H and O–H groups in total. The van der Waals surface area contributed by atoms with E-state index < -0.39 is 0 Å². The van der Waals surface area contributed by atoms with E-state index in [2.05, 4.69) is 10.8 Å². The van der Waals surface area contributed by atoms with E-state index in [9.17, 15) is 4.39 Å². The monoisotopic (exact) mass is 343 g/mol. The third-order valence-corrected chi connectivity index (χ3v) is 3.45. The largest absolute Gasteiger partial charge is 0.313 e. The van der Waals surface area contributed by atoms with Gasteiger partial charge < -0.3 is 5.01 Å². The van der Waals surface area contributed by atoms with Crippen LogP contribution in [0.15, 0.2) is 24.4 Å². The van der Waals surface area contributed by atoms with Crippen molar-refractivity contribution in [3.63, 3.8) is 0 Å². The number of hydrogen-bond donors (Lipinski definition) is 3. The number of hydrazine groups is 2. The van der Waals surface area contributed by atoms with E-state index in [-0.39, 0.29) is 5.13 Å². The first kappa shape index (κ1) is 18.1. The van der Waals surface area contributed by atoms with Gasteiger partial charge >= 0.3 is 0 Å². The number of nitrogens with one attached hydrogen (secondary N) is 1. The first-order valence-electron chi connectivity index (χ1n) is 5.95. The molecule has 1 amide bonds. The van der Waals surface area contributed by atoms with E-state index in [4.69, 9.17) is 22.2 Å². The number of nitrogens with zero attached hydrogens (tertiary/aromatic N) is 2. The molecule has 1 aromatic carbocycles. The highest BCUT2D eigenvalue weighted by Gasteiger charge is 2.06. The van der Waals surface area contributed by atoms with Gasteiger partial charge in [-0.25, -0.2) is 16.7 Å². The second-order valence-electron chi connectivity index (χ2n) is 3.90. The number of thiazole rings is 1. The van der Waals surface area contributed by atoms with Crippen LogP contribution in [-0.4, -0.2) is 18.4 Å². The standard InChI is InChI=1S/C12H11ClFN3S.CH4N2O/c1-17(15)10-4-2-3-9(13)8(10)5-6-12-16-7-11(14)18-12;2-3-1-4/h2-7H,15H2,1H3;1H,2H2,(H,3,4)/b6-5+;. The van der Waals surface area contributed by atoms with Crippen LogP contribution in [-0.2, 0) is 4.79 Å². The lowest BCUT2D eigenvalue weighted by Gasteiger charge is -2.15. The minimum atomic E-state index is -0.315. The summed E-state index contributed by atoms with van der Waals surface area (Å²) < 4.78 is 12.8. The van der Waals surface area contributed by atoms with Gasteiger partial charge in [0.1, 0.15) is 5.01 Å². The number of carbonyl (C=O) groups excluding carboxylic acids is 1. The Labute approximate surface area is 136 Å². The molecule has 0 spiro atoms. The highest BCUT2D eigenvalue weighted by molar-refractivity contribution is 7.10. The van der Waals surface area contributed by atoms with Gasteiger partial charge in [-0.3, -0.25) is 10.2 Å². The molecule has 2 rings (SSSR count). The van der Waals surface area contributed by atoms with Crippen molar-refractivity contribution in [3.8, 4) is 0 Å². The maximum absolute atomic E-state index is 12.8. The Hall–Kier alpha value is -2.00. The Morgan fingerprint density at radius 3 is 2.64 bits per heavy atom. The van der Waals surface area contributed by atoms with E-state index in [1.807, 2.05) is 12.1 Å². The molecule has 1 aromatic heterocycles. The van der Waals surface area contributed by atoms with Gasteiger partial charge in [-0.2, -0.15) is 4.39 Å². The van der Waals surface area contributed by atoms with Crippen LogP contribution in [0.4, 0.5) is 10.1 Å². The van der Waals surface area contributed by atoms with Crippen LogP contribution in [0.2, 0.25) is 5.02 Å². The first-order valence-corrected chi connectivity index (χ1v) is 7.15. The second-order valence-corrected chi connectivity index (χ2v) is 5.32. The normalized spacial score (nSPS) is 10.0. The van der Waals surface area contributed by atoms with E-state index in [0.29, 0.717) is 16.4 Å². The lowest BCUT2D eigenvalue weighted by molar-refractivity contribution is -0.109. The van der Waals surface area contributed by atoms with Crippen LogP contribution < -0.4 is 22.1 Å². The highest BCUT2D eigenvalue weighted by Crippen LogP contribution is 2.28. The van der Waals surface area contributed by atoms with Crippen LogP contribution in [0, 0.1) is 5.13 Å². The van der Waals surface area contributed by atoms with Gasteiger partial charge in [-0.05, 0) is 24.3 Å². The molecule has 0 unspecified atom stereocenters. The summed E-state index contributed by atoms with van der Waals surface area (Å²) in [6.45, 7) is 0. The van der Waals surface area contributed by atoms with Crippen molar-refractivity contribution in [1.29, 1.82) is 0 Å². The van der Waals surface area contributed by atoms with Crippen LogP contribution in [0.1, 0.15) is 10.6 Å². The summed E-state index contributed by atoms with van der Waals surface area (Å²) in [5.74, 6) is 10.1. The summed E-state index contributed by atoms with van der Waals surface area (Å²) in [6, 6.07) is 5.45. The molecule has 1 heterocycles. The molecule has 0 aliphatic rings. The number of halogens is 2. The molecule has 0 atom stereocenters. The molecular weight excluding hydrogens is 329 g/mol. The third-order valence-electron chi connectivity index (χ3n) is 2.37. The van der Waals surface area contributed by atoms with Gasteiger partial charge in [0.05, 0.1) is 11.9 Å². The number of benzene rings is 1. The van der Waals surface area contributed by atoms with E-state index in [0.717, 1.165) is 22.6 Å². The Morgan fingerprint density at radius 2 is 2.14 bits per heavy atom. The first-order chi connectivity index (χ1) is 10.5. The number of aromatic nitrogens is 1. The van der Waals surface area contributed by atoms with Gasteiger partial charge in [-0.1, -0.05) is 29.0 Å². The SMILES string of the molecule is CN(N)c1cccc(Cl)c1/C=C/c1ncc(F)s1.NNC=O. The molecule has 0 radical (unpaired) electrons. The molecule has 0 saturated carbocycles. The van der Waals surface area contributed by atoms with Gasteiger partial charge in [0, 0.05) is 17.6 Å². The van der Waals surface area contributed by atoms with E-state index in [1.54, 1.807) is 30.7 Å². The topological polar surface area (TPSA) is 97.3 Å². The number of anilines is 1. The maximum Gasteiger partial charge on any atom is 0.221 e. The van der Waals surface area contributed by atoms with Crippen molar-refractivity contribution >= 4 is 47.2 Å². The van der Waals surface area contributed by atoms with Crippen molar-refractivity contribution in [3.05, 3.63) is 45.1 Å². The molecule has 0 fully saturated rings. The summed E-state index contributed by atoms with van der Waals surface area (Å²) in [5, 5.41) is 2.33. The van der Waals surface area contributed by atoms with Crippen molar-refractivity contribution in [2.24, 2.45) is 11.7 Å². The van der Waals surface area contributed by atoms with Crippen LogP contribution in [0.5, 0.6) is 0 Å². The predicted molar refractivity (Wildman–Crippen MR) is 88.4 cm³/mol. The van der Waals surface area contributed by atoms with Gasteiger partial charge in [-0.15, -0.1) is 0 Å². The van der Waals surface area contributed by atoms with Gasteiger partial charge in [0.25, 0.3) is 0 Å². The van der Waals surface area contributed by atoms with E-state index >= 15 is 0 Å². The number of amides is 1. The Kier molecular flexibility index (Phi) is 7.47. The summed E-state index contributed by atoms with van der Waals surface area (Å²) in [5.41, 5.74) is 3.32. The predicted octanol–water partition coefficient (Wildman–Crippen LogP) is 2.02. The lowest BCUT2D eigenvalue weighted by atomic mass is 10.1. The fourth-order valence-corrected chi connectivity index (χ4v) is 2.28. The summed E-state index contributed by atoms with van der Waals surface area (Å²) >= 11 is 7.09. The van der Waals surface area contributed by atoms with E-state index in [1.165, 1.54) is 11.2 Å². The fraction of sp³-hybridized carbons (Fsp3) is 0.0769. The zero-order valence-electron chi connectivity index (χ0n) is 11.7.